The van der Waals surface area contributed by atoms with Crippen LogP contribution in [0.15, 0.2) is 4.79 Å². The Labute approximate surface area is 139 Å². The maximum absolute atomic E-state index is 12.0. The number of carbonyl (C=O) groups excluding carboxylic acids is 1. The molecule has 0 atom stereocenters. The molecular weight excluding hydrogens is 312 g/mol. The largest absolute Gasteiger partial charge is 0.351 e. The van der Waals surface area contributed by atoms with Gasteiger partial charge in [0.05, 0.1) is 17.2 Å². The number of carbonyl (C=O) groups is 1. The third-order valence-electron chi connectivity index (χ3n) is 3.74. The molecule has 0 aromatic carbocycles. The molecule has 2 heterocycles. The summed E-state index contributed by atoms with van der Waals surface area (Å²) >= 11 is 1.65. The highest BCUT2D eigenvalue weighted by Crippen LogP contribution is 2.18. The molecular formula is C16H22N4O2S. The van der Waals surface area contributed by atoms with E-state index in [1.54, 1.807) is 18.3 Å². The predicted octanol–water partition coefficient (Wildman–Crippen LogP) is 1.96. The number of nitrogens with one attached hydrogen (secondary N) is 2. The topological polar surface area (TPSA) is 87.7 Å². The van der Waals surface area contributed by atoms with Gasteiger partial charge in [-0.15, -0.1) is 11.3 Å². The van der Waals surface area contributed by atoms with E-state index in [2.05, 4.69) is 27.2 Å². The van der Waals surface area contributed by atoms with Gasteiger partial charge in [-0.25, -0.2) is 9.78 Å². The Morgan fingerprint density at radius 1 is 1.22 bits per heavy atom. The summed E-state index contributed by atoms with van der Waals surface area (Å²) in [5, 5.41) is 4.03. The monoisotopic (exact) mass is 334 g/mol. The molecule has 0 aliphatic heterocycles. The molecule has 2 rings (SSSR count). The van der Waals surface area contributed by atoms with E-state index in [1.807, 2.05) is 13.8 Å². The summed E-state index contributed by atoms with van der Waals surface area (Å²) in [7, 11) is 0. The first-order chi connectivity index (χ1) is 10.9. The van der Waals surface area contributed by atoms with E-state index in [0.717, 1.165) is 33.3 Å². The van der Waals surface area contributed by atoms with Gasteiger partial charge in [0.15, 0.2) is 0 Å². The molecule has 2 aromatic rings. The van der Waals surface area contributed by atoms with Crippen molar-refractivity contribution in [1.82, 2.24) is 20.3 Å². The van der Waals surface area contributed by atoms with Gasteiger partial charge in [0, 0.05) is 22.7 Å². The zero-order valence-electron chi connectivity index (χ0n) is 13.9. The molecule has 0 saturated heterocycles. The average molecular weight is 334 g/mol. The van der Waals surface area contributed by atoms with Crippen molar-refractivity contribution in [1.29, 1.82) is 0 Å². The van der Waals surface area contributed by atoms with E-state index in [9.17, 15) is 9.59 Å². The summed E-state index contributed by atoms with van der Waals surface area (Å²) in [5.74, 6) is -0.0131. The lowest BCUT2D eigenvalue weighted by Gasteiger charge is -2.08. The van der Waals surface area contributed by atoms with Gasteiger partial charge in [-0.3, -0.25) is 4.79 Å². The summed E-state index contributed by atoms with van der Waals surface area (Å²) in [5.41, 5.74) is 3.04. The highest BCUT2D eigenvalue weighted by molar-refractivity contribution is 7.11. The second kappa shape index (κ2) is 7.50. The number of H-pyrrole nitrogens is 1. The lowest BCUT2D eigenvalue weighted by molar-refractivity contribution is -0.121. The summed E-state index contributed by atoms with van der Waals surface area (Å²) in [6.07, 6.45) is 1.85. The minimum Gasteiger partial charge on any atom is -0.351 e. The van der Waals surface area contributed by atoms with Crippen LogP contribution in [0, 0.1) is 20.8 Å². The Morgan fingerprint density at radius 2 is 1.96 bits per heavy atom. The van der Waals surface area contributed by atoms with Crippen LogP contribution >= 0.6 is 11.3 Å². The third kappa shape index (κ3) is 4.48. The van der Waals surface area contributed by atoms with Gasteiger partial charge >= 0.3 is 5.69 Å². The number of rotatable bonds is 6. The van der Waals surface area contributed by atoms with Crippen molar-refractivity contribution in [3.8, 4) is 0 Å². The van der Waals surface area contributed by atoms with E-state index < -0.39 is 0 Å². The van der Waals surface area contributed by atoms with Gasteiger partial charge in [-0.05, 0) is 39.2 Å². The van der Waals surface area contributed by atoms with Gasteiger partial charge in [0.2, 0.25) is 5.91 Å². The van der Waals surface area contributed by atoms with Crippen LogP contribution in [-0.4, -0.2) is 20.9 Å². The van der Waals surface area contributed by atoms with E-state index >= 15 is 0 Å². The van der Waals surface area contributed by atoms with Crippen LogP contribution in [0.3, 0.4) is 0 Å². The SMILES string of the molecule is CCc1nc(C)c(CNC(=O)CCc2c(C)nc(=O)[nH]c2C)s1. The van der Waals surface area contributed by atoms with Crippen molar-refractivity contribution >= 4 is 17.2 Å². The first-order valence-corrected chi connectivity index (χ1v) is 8.50. The number of hydrogen-bond acceptors (Lipinski definition) is 5. The van der Waals surface area contributed by atoms with Crippen molar-refractivity contribution in [2.75, 3.05) is 0 Å². The fourth-order valence-corrected chi connectivity index (χ4v) is 3.38. The molecule has 2 aromatic heterocycles. The van der Waals surface area contributed by atoms with E-state index in [4.69, 9.17) is 0 Å². The van der Waals surface area contributed by atoms with Crippen molar-refractivity contribution in [3.05, 3.63) is 43.0 Å². The van der Waals surface area contributed by atoms with E-state index in [0.29, 0.717) is 25.1 Å². The number of nitrogens with zero attached hydrogens (tertiary/aromatic N) is 2. The molecule has 0 spiro atoms. The smallest absolute Gasteiger partial charge is 0.345 e. The minimum atomic E-state index is -0.347. The Balaban J connectivity index is 1.90. The molecule has 0 saturated carbocycles. The lowest BCUT2D eigenvalue weighted by atomic mass is 10.1. The predicted molar refractivity (Wildman–Crippen MR) is 90.7 cm³/mol. The number of thiazole rings is 1. The molecule has 0 bridgehead atoms. The zero-order chi connectivity index (χ0) is 17.0. The summed E-state index contributed by atoms with van der Waals surface area (Å²) in [4.78, 5) is 35.4. The molecule has 124 valence electrons. The standard InChI is InChI=1S/C16H22N4O2S/c1-5-15-18-11(4)13(23-15)8-17-14(21)7-6-12-9(2)19-16(22)20-10(12)3/h5-8H2,1-4H3,(H,17,21)(H,19,20,22). The average Bonchev–Trinajstić information content (AvgIpc) is 2.84. The second-order valence-corrected chi connectivity index (χ2v) is 6.65. The molecule has 7 heteroatoms. The lowest BCUT2D eigenvalue weighted by Crippen LogP contribution is -2.24. The quantitative estimate of drug-likeness (QED) is 0.845. The summed E-state index contributed by atoms with van der Waals surface area (Å²) < 4.78 is 0. The van der Waals surface area contributed by atoms with Gasteiger partial charge in [0.1, 0.15) is 0 Å². The Morgan fingerprint density at radius 3 is 2.57 bits per heavy atom. The maximum Gasteiger partial charge on any atom is 0.345 e. The number of aromatic amines is 1. The normalized spacial score (nSPS) is 10.8. The van der Waals surface area contributed by atoms with Crippen LogP contribution in [0.2, 0.25) is 0 Å². The molecule has 23 heavy (non-hydrogen) atoms. The van der Waals surface area contributed by atoms with Gasteiger partial charge < -0.3 is 10.3 Å². The third-order valence-corrected chi connectivity index (χ3v) is 5.04. The fourth-order valence-electron chi connectivity index (χ4n) is 2.43. The van der Waals surface area contributed by atoms with Crippen molar-refractivity contribution in [2.24, 2.45) is 0 Å². The van der Waals surface area contributed by atoms with Gasteiger partial charge in [-0.2, -0.15) is 4.98 Å². The van der Waals surface area contributed by atoms with Gasteiger partial charge in [0.25, 0.3) is 0 Å². The Hall–Kier alpha value is -2.02. The minimum absolute atomic E-state index is 0.0131. The number of amides is 1. The van der Waals surface area contributed by atoms with Crippen LogP contribution in [0.5, 0.6) is 0 Å². The summed E-state index contributed by atoms with van der Waals surface area (Å²) in [6.45, 7) is 8.18. The van der Waals surface area contributed by atoms with Crippen molar-refractivity contribution in [2.45, 2.75) is 53.5 Å². The zero-order valence-corrected chi connectivity index (χ0v) is 14.8. The van der Waals surface area contributed by atoms with Crippen LogP contribution < -0.4 is 11.0 Å². The molecule has 0 radical (unpaired) electrons. The summed E-state index contributed by atoms with van der Waals surface area (Å²) in [6, 6.07) is 0. The molecule has 0 aliphatic carbocycles. The maximum atomic E-state index is 12.0. The molecule has 0 unspecified atom stereocenters. The highest BCUT2D eigenvalue weighted by Gasteiger charge is 2.11. The number of hydrogen-bond donors (Lipinski definition) is 2. The first kappa shape index (κ1) is 17.3. The van der Waals surface area contributed by atoms with Crippen molar-refractivity contribution in [3.63, 3.8) is 0 Å². The second-order valence-electron chi connectivity index (χ2n) is 5.48. The molecule has 0 fully saturated rings. The van der Waals surface area contributed by atoms with E-state index in [1.165, 1.54) is 0 Å². The first-order valence-electron chi connectivity index (χ1n) is 7.69. The molecule has 1 amide bonds. The van der Waals surface area contributed by atoms with Gasteiger partial charge in [-0.1, -0.05) is 6.92 Å². The van der Waals surface area contributed by atoms with E-state index in [-0.39, 0.29) is 11.6 Å². The molecule has 2 N–H and O–H groups in total. The van der Waals surface area contributed by atoms with Crippen LogP contribution in [0.25, 0.3) is 0 Å². The van der Waals surface area contributed by atoms with Crippen molar-refractivity contribution < 1.29 is 4.79 Å². The molecule has 6 nitrogen and oxygen atoms in total. The Bertz CT molecular complexity index is 738. The Kier molecular flexibility index (Phi) is 5.65. The molecule has 0 aliphatic rings. The number of aryl methyl sites for hydroxylation is 4. The fraction of sp³-hybridized carbons (Fsp3) is 0.500. The highest BCUT2D eigenvalue weighted by atomic mass is 32.1. The number of aromatic nitrogens is 3. The van der Waals surface area contributed by atoms with Crippen LogP contribution in [-0.2, 0) is 24.2 Å². The van der Waals surface area contributed by atoms with Crippen LogP contribution in [0.4, 0.5) is 0 Å². The van der Waals surface area contributed by atoms with Crippen LogP contribution in [0.1, 0.15) is 45.9 Å².